The molecular weight excluding hydrogens is 238 g/mol. The van der Waals surface area contributed by atoms with Crippen LogP contribution in [0, 0.1) is 13.8 Å². The van der Waals surface area contributed by atoms with Gasteiger partial charge in [-0.05, 0) is 57.0 Å². The first-order chi connectivity index (χ1) is 9.15. The maximum Gasteiger partial charge on any atom is 0.193 e. The zero-order valence-corrected chi connectivity index (χ0v) is 11.5. The molecule has 3 rings (SSSR count). The van der Waals surface area contributed by atoms with Gasteiger partial charge in [0.1, 0.15) is 11.3 Å². The second-order valence-electron chi connectivity index (χ2n) is 5.49. The van der Waals surface area contributed by atoms with Crippen LogP contribution in [-0.2, 0) is 0 Å². The quantitative estimate of drug-likeness (QED) is 0.854. The lowest BCUT2D eigenvalue weighted by Crippen LogP contribution is -2.27. The molecule has 0 aliphatic carbocycles. The maximum atomic E-state index is 12.3. The lowest BCUT2D eigenvalue weighted by atomic mass is 9.94. The molecule has 1 N–H and O–H groups in total. The summed E-state index contributed by atoms with van der Waals surface area (Å²) in [4.78, 5) is 12.3. The van der Waals surface area contributed by atoms with Crippen molar-refractivity contribution in [3.63, 3.8) is 0 Å². The SMILES string of the molecule is Cc1cc(C)c2c(=O)cc(C3CCNCC3)oc2c1. The van der Waals surface area contributed by atoms with Crippen LogP contribution in [0.1, 0.15) is 35.6 Å². The summed E-state index contributed by atoms with van der Waals surface area (Å²) < 4.78 is 6.02. The van der Waals surface area contributed by atoms with E-state index >= 15 is 0 Å². The standard InChI is InChI=1S/C16H19NO2/c1-10-7-11(2)16-13(18)9-14(19-15(16)8-10)12-3-5-17-6-4-12/h7-9,12,17H,3-6H2,1-2H3. The molecule has 0 spiro atoms. The van der Waals surface area contributed by atoms with Crippen molar-refractivity contribution in [2.45, 2.75) is 32.6 Å². The highest BCUT2D eigenvalue weighted by molar-refractivity contribution is 5.80. The summed E-state index contributed by atoms with van der Waals surface area (Å²) in [5.74, 6) is 1.23. The number of piperidine rings is 1. The second-order valence-corrected chi connectivity index (χ2v) is 5.49. The van der Waals surface area contributed by atoms with Gasteiger partial charge in [-0.3, -0.25) is 4.79 Å². The molecule has 0 bridgehead atoms. The number of fused-ring (bicyclic) bond motifs is 1. The maximum absolute atomic E-state index is 12.3. The van der Waals surface area contributed by atoms with E-state index in [0.717, 1.165) is 53.8 Å². The van der Waals surface area contributed by atoms with Crippen molar-refractivity contribution in [3.8, 4) is 0 Å². The van der Waals surface area contributed by atoms with E-state index in [2.05, 4.69) is 5.32 Å². The summed E-state index contributed by atoms with van der Waals surface area (Å²) >= 11 is 0. The zero-order valence-electron chi connectivity index (χ0n) is 11.5. The van der Waals surface area contributed by atoms with Crippen LogP contribution in [0.3, 0.4) is 0 Å². The van der Waals surface area contributed by atoms with E-state index in [1.54, 1.807) is 6.07 Å². The van der Waals surface area contributed by atoms with E-state index in [9.17, 15) is 4.79 Å². The molecule has 1 aliphatic rings. The number of nitrogens with one attached hydrogen (secondary N) is 1. The monoisotopic (exact) mass is 257 g/mol. The van der Waals surface area contributed by atoms with Crippen LogP contribution in [0.25, 0.3) is 11.0 Å². The summed E-state index contributed by atoms with van der Waals surface area (Å²) in [5.41, 5.74) is 2.96. The van der Waals surface area contributed by atoms with Gasteiger partial charge in [-0.1, -0.05) is 6.07 Å². The summed E-state index contributed by atoms with van der Waals surface area (Å²) in [6.07, 6.45) is 2.08. The van der Waals surface area contributed by atoms with Gasteiger partial charge in [0, 0.05) is 12.0 Å². The Bertz CT molecular complexity index is 666. The Morgan fingerprint density at radius 1 is 1.16 bits per heavy atom. The Balaban J connectivity index is 2.15. The average Bonchev–Trinajstić information content (AvgIpc) is 2.38. The molecule has 0 saturated carbocycles. The van der Waals surface area contributed by atoms with Crippen LogP contribution in [0.15, 0.2) is 27.4 Å². The lowest BCUT2D eigenvalue weighted by Gasteiger charge is -2.21. The molecule has 2 aromatic rings. The molecule has 100 valence electrons. The van der Waals surface area contributed by atoms with Gasteiger partial charge >= 0.3 is 0 Å². The van der Waals surface area contributed by atoms with Gasteiger partial charge in [-0.25, -0.2) is 0 Å². The van der Waals surface area contributed by atoms with Crippen LogP contribution in [0.2, 0.25) is 0 Å². The van der Waals surface area contributed by atoms with Crippen molar-refractivity contribution in [1.82, 2.24) is 5.32 Å². The van der Waals surface area contributed by atoms with Gasteiger partial charge in [0.25, 0.3) is 0 Å². The molecule has 3 heteroatoms. The Hall–Kier alpha value is -1.61. The normalized spacial score (nSPS) is 16.9. The van der Waals surface area contributed by atoms with E-state index in [-0.39, 0.29) is 5.43 Å². The fourth-order valence-electron chi connectivity index (χ4n) is 2.99. The van der Waals surface area contributed by atoms with Gasteiger partial charge in [0.15, 0.2) is 5.43 Å². The Morgan fingerprint density at radius 3 is 2.63 bits per heavy atom. The van der Waals surface area contributed by atoms with Crippen molar-refractivity contribution in [3.05, 3.63) is 45.3 Å². The fraction of sp³-hybridized carbons (Fsp3) is 0.438. The van der Waals surface area contributed by atoms with Crippen LogP contribution in [-0.4, -0.2) is 13.1 Å². The van der Waals surface area contributed by atoms with Crippen LogP contribution in [0.5, 0.6) is 0 Å². The molecule has 2 heterocycles. The Kier molecular flexibility index (Phi) is 3.15. The highest BCUT2D eigenvalue weighted by Crippen LogP contribution is 2.27. The minimum Gasteiger partial charge on any atom is -0.460 e. The third-order valence-corrected chi connectivity index (χ3v) is 3.93. The summed E-state index contributed by atoms with van der Waals surface area (Å²) in [5, 5.41) is 4.06. The van der Waals surface area contributed by atoms with Crippen LogP contribution < -0.4 is 10.7 Å². The highest BCUT2D eigenvalue weighted by atomic mass is 16.3. The third-order valence-electron chi connectivity index (χ3n) is 3.93. The summed E-state index contributed by atoms with van der Waals surface area (Å²) in [6, 6.07) is 5.69. The van der Waals surface area contributed by atoms with Gasteiger partial charge in [-0.2, -0.15) is 0 Å². The van der Waals surface area contributed by atoms with E-state index < -0.39 is 0 Å². The molecule has 1 aliphatic heterocycles. The van der Waals surface area contributed by atoms with E-state index in [0.29, 0.717) is 5.92 Å². The highest BCUT2D eigenvalue weighted by Gasteiger charge is 2.19. The molecule has 1 saturated heterocycles. The number of rotatable bonds is 1. The van der Waals surface area contributed by atoms with Gasteiger partial charge in [0.2, 0.25) is 0 Å². The van der Waals surface area contributed by atoms with Crippen molar-refractivity contribution < 1.29 is 4.42 Å². The van der Waals surface area contributed by atoms with Crippen molar-refractivity contribution in [2.24, 2.45) is 0 Å². The van der Waals surface area contributed by atoms with Gasteiger partial charge in [-0.15, -0.1) is 0 Å². The van der Waals surface area contributed by atoms with Gasteiger partial charge in [0.05, 0.1) is 5.39 Å². The molecule has 1 aromatic carbocycles. The minimum absolute atomic E-state index is 0.0901. The van der Waals surface area contributed by atoms with Crippen molar-refractivity contribution >= 4 is 11.0 Å². The van der Waals surface area contributed by atoms with Crippen molar-refractivity contribution in [1.29, 1.82) is 0 Å². The molecule has 0 atom stereocenters. The Morgan fingerprint density at radius 2 is 1.89 bits per heavy atom. The molecule has 19 heavy (non-hydrogen) atoms. The summed E-state index contributed by atoms with van der Waals surface area (Å²) in [6.45, 7) is 6.00. The lowest BCUT2D eigenvalue weighted by molar-refractivity contribution is 0.392. The van der Waals surface area contributed by atoms with Crippen LogP contribution >= 0.6 is 0 Å². The number of hydrogen-bond acceptors (Lipinski definition) is 3. The number of hydrogen-bond donors (Lipinski definition) is 1. The average molecular weight is 257 g/mol. The second kappa shape index (κ2) is 4.82. The van der Waals surface area contributed by atoms with E-state index in [1.165, 1.54) is 0 Å². The number of aryl methyl sites for hydroxylation is 2. The Labute approximate surface area is 112 Å². The predicted octanol–water partition coefficient (Wildman–Crippen LogP) is 2.88. The smallest absolute Gasteiger partial charge is 0.193 e. The largest absolute Gasteiger partial charge is 0.460 e. The van der Waals surface area contributed by atoms with E-state index in [1.807, 2.05) is 26.0 Å². The predicted molar refractivity (Wildman–Crippen MR) is 76.8 cm³/mol. The zero-order chi connectivity index (χ0) is 13.4. The van der Waals surface area contributed by atoms with Gasteiger partial charge < -0.3 is 9.73 Å². The molecule has 1 fully saturated rings. The molecule has 3 nitrogen and oxygen atoms in total. The molecule has 1 aromatic heterocycles. The third kappa shape index (κ3) is 2.30. The first-order valence-electron chi connectivity index (χ1n) is 6.91. The van der Waals surface area contributed by atoms with Crippen molar-refractivity contribution in [2.75, 3.05) is 13.1 Å². The first-order valence-corrected chi connectivity index (χ1v) is 6.91. The molecular formula is C16H19NO2. The molecule has 0 radical (unpaired) electrons. The fourth-order valence-corrected chi connectivity index (χ4v) is 2.99. The summed E-state index contributed by atoms with van der Waals surface area (Å²) in [7, 11) is 0. The molecule has 0 amide bonds. The van der Waals surface area contributed by atoms with Crippen LogP contribution in [0.4, 0.5) is 0 Å². The number of benzene rings is 1. The van der Waals surface area contributed by atoms with E-state index in [4.69, 9.17) is 4.42 Å². The first kappa shape index (κ1) is 12.4. The topological polar surface area (TPSA) is 42.2 Å². The minimum atomic E-state index is 0.0901. The molecule has 0 unspecified atom stereocenters.